The van der Waals surface area contributed by atoms with Crippen LogP contribution in [0.5, 0.6) is 0 Å². The predicted octanol–water partition coefficient (Wildman–Crippen LogP) is 3.37. The van der Waals surface area contributed by atoms with Gasteiger partial charge in [-0.3, -0.25) is 0 Å². The third-order valence-electron chi connectivity index (χ3n) is 2.80. The average molecular weight is 278 g/mol. The van der Waals surface area contributed by atoms with E-state index >= 15 is 0 Å². The number of benzene rings is 1. The van der Waals surface area contributed by atoms with Crippen molar-refractivity contribution in [3.63, 3.8) is 0 Å². The summed E-state index contributed by atoms with van der Waals surface area (Å²) in [5, 5.41) is 3.25. The monoisotopic (exact) mass is 278 g/mol. The molecule has 0 aliphatic heterocycles. The molecule has 1 heterocycles. The van der Waals surface area contributed by atoms with Gasteiger partial charge in [0.1, 0.15) is 11.4 Å². The van der Waals surface area contributed by atoms with Gasteiger partial charge in [0.05, 0.1) is 0 Å². The smallest absolute Gasteiger partial charge is 0.407 e. The van der Waals surface area contributed by atoms with Crippen LogP contribution < -0.4 is 5.32 Å². The Balaban J connectivity index is 1.95. The zero-order valence-corrected chi connectivity index (χ0v) is 11.9. The van der Waals surface area contributed by atoms with Gasteiger partial charge >= 0.3 is 6.09 Å². The maximum Gasteiger partial charge on any atom is 0.407 e. The van der Waals surface area contributed by atoms with E-state index in [-0.39, 0.29) is 5.82 Å². The van der Waals surface area contributed by atoms with Crippen molar-refractivity contribution >= 4 is 17.0 Å². The molecule has 0 aliphatic rings. The van der Waals surface area contributed by atoms with Gasteiger partial charge in [-0.25, -0.2) is 9.18 Å². The van der Waals surface area contributed by atoms with E-state index in [2.05, 4.69) is 10.3 Å². The first-order chi connectivity index (χ1) is 9.37. The molecule has 0 unspecified atom stereocenters. The number of H-pyrrole nitrogens is 1. The Bertz CT molecular complexity index is 614. The van der Waals surface area contributed by atoms with E-state index in [0.29, 0.717) is 18.4 Å². The van der Waals surface area contributed by atoms with E-state index in [1.165, 1.54) is 6.07 Å². The molecule has 0 saturated carbocycles. The Labute approximate surface area is 117 Å². The van der Waals surface area contributed by atoms with Crippen LogP contribution in [0.3, 0.4) is 0 Å². The average Bonchev–Trinajstić information content (AvgIpc) is 2.71. The van der Waals surface area contributed by atoms with Crippen LogP contribution in [0.25, 0.3) is 10.9 Å². The van der Waals surface area contributed by atoms with E-state index in [9.17, 15) is 9.18 Å². The summed E-state index contributed by atoms with van der Waals surface area (Å²) in [5.74, 6) is -0.254. The number of hydrogen-bond donors (Lipinski definition) is 2. The summed E-state index contributed by atoms with van der Waals surface area (Å²) < 4.78 is 18.9. The van der Waals surface area contributed by atoms with Crippen molar-refractivity contribution in [2.24, 2.45) is 0 Å². The molecule has 0 fully saturated rings. The zero-order chi connectivity index (χ0) is 14.8. The summed E-state index contributed by atoms with van der Waals surface area (Å²) in [6, 6.07) is 4.92. The molecule has 1 aromatic heterocycles. The molecule has 1 amide bonds. The van der Waals surface area contributed by atoms with Crippen LogP contribution >= 0.6 is 0 Å². The molecule has 4 nitrogen and oxygen atoms in total. The van der Waals surface area contributed by atoms with Crippen molar-refractivity contribution in [1.82, 2.24) is 10.3 Å². The molecule has 5 heteroatoms. The third-order valence-corrected chi connectivity index (χ3v) is 2.80. The van der Waals surface area contributed by atoms with Crippen molar-refractivity contribution in [2.45, 2.75) is 32.8 Å². The van der Waals surface area contributed by atoms with Crippen LogP contribution in [-0.4, -0.2) is 23.2 Å². The van der Waals surface area contributed by atoms with Gasteiger partial charge in [-0.1, -0.05) is 6.07 Å². The number of fused-ring (bicyclic) bond motifs is 1. The summed E-state index contributed by atoms with van der Waals surface area (Å²) in [6.07, 6.45) is 1.85. The normalized spacial score (nSPS) is 11.6. The summed E-state index contributed by atoms with van der Waals surface area (Å²) in [5.41, 5.74) is 1.09. The highest BCUT2D eigenvalue weighted by Gasteiger charge is 2.16. The van der Waals surface area contributed by atoms with Crippen LogP contribution in [0.15, 0.2) is 24.4 Å². The number of ether oxygens (including phenoxy) is 1. The third kappa shape index (κ3) is 3.50. The molecular weight excluding hydrogens is 259 g/mol. The van der Waals surface area contributed by atoms with E-state index in [0.717, 1.165) is 11.1 Å². The molecule has 0 saturated heterocycles. The number of aromatic nitrogens is 1. The number of carbonyl (C=O) groups excluding carboxylic acids is 1. The summed E-state index contributed by atoms with van der Waals surface area (Å²) in [6.45, 7) is 5.82. The maximum absolute atomic E-state index is 13.8. The van der Waals surface area contributed by atoms with Gasteiger partial charge in [0, 0.05) is 23.6 Å². The molecule has 20 heavy (non-hydrogen) atoms. The molecule has 0 atom stereocenters. The van der Waals surface area contributed by atoms with Crippen molar-refractivity contribution < 1.29 is 13.9 Å². The fourth-order valence-electron chi connectivity index (χ4n) is 2.02. The van der Waals surface area contributed by atoms with Gasteiger partial charge in [0.15, 0.2) is 0 Å². The van der Waals surface area contributed by atoms with Gasteiger partial charge in [-0.2, -0.15) is 0 Å². The van der Waals surface area contributed by atoms with E-state index in [4.69, 9.17) is 4.74 Å². The fraction of sp³-hybridized carbons (Fsp3) is 0.400. The van der Waals surface area contributed by atoms with Gasteiger partial charge < -0.3 is 15.0 Å². The van der Waals surface area contributed by atoms with Crippen LogP contribution in [0, 0.1) is 5.82 Å². The van der Waals surface area contributed by atoms with E-state index in [1.54, 1.807) is 12.3 Å². The lowest BCUT2D eigenvalue weighted by molar-refractivity contribution is 0.0528. The number of rotatable bonds is 3. The Hall–Kier alpha value is -2.04. The van der Waals surface area contributed by atoms with Gasteiger partial charge in [0.2, 0.25) is 0 Å². The topological polar surface area (TPSA) is 54.1 Å². The highest BCUT2D eigenvalue weighted by Crippen LogP contribution is 2.21. The number of carbonyl (C=O) groups is 1. The van der Waals surface area contributed by atoms with Gasteiger partial charge in [-0.05, 0) is 44.9 Å². The summed E-state index contributed by atoms with van der Waals surface area (Å²) >= 11 is 0. The molecule has 0 bridgehead atoms. The molecule has 2 N–H and O–H groups in total. The number of halogens is 1. The lowest BCUT2D eigenvalue weighted by Crippen LogP contribution is -2.33. The van der Waals surface area contributed by atoms with Crippen molar-refractivity contribution in [3.8, 4) is 0 Å². The molecule has 108 valence electrons. The lowest BCUT2D eigenvalue weighted by atomic mass is 10.1. The SMILES string of the molecule is CC(C)(C)OC(=O)NCCc1c[nH]c2cccc(F)c12. The molecule has 0 spiro atoms. The summed E-state index contributed by atoms with van der Waals surface area (Å²) in [7, 11) is 0. The Morgan fingerprint density at radius 3 is 2.85 bits per heavy atom. The van der Waals surface area contributed by atoms with Gasteiger partial charge in [-0.15, -0.1) is 0 Å². The number of aromatic amines is 1. The number of hydrogen-bond acceptors (Lipinski definition) is 2. The second-order valence-corrected chi connectivity index (χ2v) is 5.65. The van der Waals surface area contributed by atoms with Gasteiger partial charge in [0.25, 0.3) is 0 Å². The Morgan fingerprint density at radius 2 is 2.15 bits per heavy atom. The molecule has 2 rings (SSSR count). The Kier molecular flexibility index (Phi) is 3.97. The van der Waals surface area contributed by atoms with Crippen molar-refractivity contribution in [1.29, 1.82) is 0 Å². The number of amides is 1. The minimum Gasteiger partial charge on any atom is -0.444 e. The molecular formula is C15H19FN2O2. The lowest BCUT2D eigenvalue weighted by Gasteiger charge is -2.19. The fourth-order valence-corrected chi connectivity index (χ4v) is 2.02. The maximum atomic E-state index is 13.8. The van der Waals surface area contributed by atoms with E-state index in [1.807, 2.05) is 26.8 Å². The molecule has 0 aliphatic carbocycles. The quantitative estimate of drug-likeness (QED) is 0.904. The second-order valence-electron chi connectivity index (χ2n) is 5.65. The van der Waals surface area contributed by atoms with Crippen LogP contribution in [0.1, 0.15) is 26.3 Å². The molecule has 1 aromatic carbocycles. The van der Waals surface area contributed by atoms with Crippen LogP contribution in [-0.2, 0) is 11.2 Å². The number of nitrogens with one attached hydrogen (secondary N) is 2. The van der Waals surface area contributed by atoms with Crippen molar-refractivity contribution in [2.75, 3.05) is 6.54 Å². The molecule has 2 aromatic rings. The summed E-state index contributed by atoms with van der Waals surface area (Å²) in [4.78, 5) is 14.5. The highest BCUT2D eigenvalue weighted by molar-refractivity contribution is 5.83. The second kappa shape index (κ2) is 5.53. The first-order valence-corrected chi connectivity index (χ1v) is 6.58. The van der Waals surface area contributed by atoms with Crippen LogP contribution in [0.4, 0.5) is 9.18 Å². The minimum absolute atomic E-state index is 0.254. The minimum atomic E-state index is -0.517. The largest absolute Gasteiger partial charge is 0.444 e. The predicted molar refractivity (Wildman–Crippen MR) is 76.2 cm³/mol. The molecule has 0 radical (unpaired) electrons. The standard InChI is InChI=1S/C15H19FN2O2/c1-15(2,3)20-14(19)17-8-7-10-9-18-12-6-4-5-11(16)13(10)12/h4-6,9,18H,7-8H2,1-3H3,(H,17,19). The van der Waals surface area contributed by atoms with E-state index < -0.39 is 11.7 Å². The first-order valence-electron chi connectivity index (χ1n) is 6.58. The van der Waals surface area contributed by atoms with Crippen molar-refractivity contribution in [3.05, 3.63) is 35.8 Å². The zero-order valence-electron chi connectivity index (χ0n) is 11.9. The first kappa shape index (κ1) is 14.4. The Morgan fingerprint density at radius 1 is 1.40 bits per heavy atom. The van der Waals surface area contributed by atoms with Crippen LogP contribution in [0.2, 0.25) is 0 Å². The highest BCUT2D eigenvalue weighted by atomic mass is 19.1. The number of alkyl carbamates (subject to hydrolysis) is 1.